The summed E-state index contributed by atoms with van der Waals surface area (Å²) in [6.07, 6.45) is 0.925. The molecular weight excluding hydrogens is 293 g/mol. The van der Waals surface area contributed by atoms with Crippen LogP contribution >= 0.6 is 23.2 Å². The van der Waals surface area contributed by atoms with E-state index in [4.69, 9.17) is 27.9 Å². The van der Waals surface area contributed by atoms with E-state index in [2.05, 4.69) is 17.4 Å². The third-order valence-corrected chi connectivity index (χ3v) is 4.23. The smallest absolute Gasteiger partial charge is 0.119 e. The molecule has 20 heavy (non-hydrogen) atoms. The van der Waals surface area contributed by atoms with Crippen molar-refractivity contribution in [3.8, 4) is 5.75 Å². The Labute approximate surface area is 128 Å². The highest BCUT2D eigenvalue weighted by atomic mass is 35.5. The molecule has 4 heteroatoms. The van der Waals surface area contributed by atoms with Crippen molar-refractivity contribution in [2.24, 2.45) is 0 Å². The summed E-state index contributed by atoms with van der Waals surface area (Å²) in [7, 11) is 0. The standard InChI is InChI=1S/C16H15Cl2NO/c1-2-20-12-4-6-15-11(7-12)9-16(19-15)10-3-5-13(17)14(18)8-10/h3-8,16,19H,2,9H2,1H3. The highest BCUT2D eigenvalue weighted by molar-refractivity contribution is 6.42. The Morgan fingerprint density at radius 2 is 2.00 bits per heavy atom. The first-order valence-corrected chi connectivity index (χ1v) is 7.40. The van der Waals surface area contributed by atoms with Crippen molar-refractivity contribution in [1.29, 1.82) is 0 Å². The van der Waals surface area contributed by atoms with Gasteiger partial charge in [0.05, 0.1) is 22.7 Å². The number of hydrogen-bond acceptors (Lipinski definition) is 2. The maximum absolute atomic E-state index is 6.09. The number of fused-ring (bicyclic) bond motifs is 1. The molecule has 0 aromatic heterocycles. The third-order valence-electron chi connectivity index (χ3n) is 3.49. The molecule has 2 aromatic carbocycles. The molecule has 1 aliphatic rings. The number of halogens is 2. The minimum Gasteiger partial charge on any atom is -0.494 e. The van der Waals surface area contributed by atoms with Crippen molar-refractivity contribution >= 4 is 28.9 Å². The van der Waals surface area contributed by atoms with Gasteiger partial charge in [-0.1, -0.05) is 29.3 Å². The number of anilines is 1. The van der Waals surface area contributed by atoms with Crippen LogP contribution in [0.2, 0.25) is 10.0 Å². The molecule has 1 N–H and O–H groups in total. The van der Waals surface area contributed by atoms with E-state index in [0.717, 1.165) is 23.4 Å². The zero-order chi connectivity index (χ0) is 14.1. The zero-order valence-corrected chi connectivity index (χ0v) is 12.6. The van der Waals surface area contributed by atoms with Gasteiger partial charge in [-0.2, -0.15) is 0 Å². The summed E-state index contributed by atoms with van der Waals surface area (Å²) in [5.41, 5.74) is 3.57. The van der Waals surface area contributed by atoms with E-state index < -0.39 is 0 Å². The summed E-state index contributed by atoms with van der Waals surface area (Å²) >= 11 is 12.1. The van der Waals surface area contributed by atoms with Gasteiger partial charge < -0.3 is 10.1 Å². The number of rotatable bonds is 3. The Morgan fingerprint density at radius 3 is 2.75 bits per heavy atom. The normalized spacial score (nSPS) is 16.6. The molecular formula is C16H15Cl2NO. The first-order chi connectivity index (χ1) is 9.67. The fourth-order valence-electron chi connectivity index (χ4n) is 2.53. The Hall–Kier alpha value is -1.38. The molecule has 2 nitrogen and oxygen atoms in total. The molecule has 1 atom stereocenters. The van der Waals surface area contributed by atoms with E-state index in [1.54, 1.807) is 0 Å². The second kappa shape index (κ2) is 5.55. The van der Waals surface area contributed by atoms with Crippen molar-refractivity contribution in [2.45, 2.75) is 19.4 Å². The second-order valence-corrected chi connectivity index (χ2v) is 5.64. The Balaban J connectivity index is 1.84. The van der Waals surface area contributed by atoms with Crippen LogP contribution in [0.1, 0.15) is 24.1 Å². The van der Waals surface area contributed by atoms with Crippen LogP contribution in [0.5, 0.6) is 5.75 Å². The minimum atomic E-state index is 0.233. The number of benzene rings is 2. The van der Waals surface area contributed by atoms with Crippen LogP contribution in [0.3, 0.4) is 0 Å². The molecule has 0 fully saturated rings. The molecule has 0 spiro atoms. The molecule has 0 aliphatic carbocycles. The minimum absolute atomic E-state index is 0.233. The summed E-state index contributed by atoms with van der Waals surface area (Å²) in [5, 5.41) is 4.69. The number of nitrogens with one attached hydrogen (secondary N) is 1. The molecule has 1 aliphatic heterocycles. The first-order valence-electron chi connectivity index (χ1n) is 6.64. The van der Waals surface area contributed by atoms with Crippen molar-refractivity contribution in [3.05, 3.63) is 57.6 Å². The van der Waals surface area contributed by atoms with Crippen LogP contribution in [-0.2, 0) is 6.42 Å². The summed E-state index contributed by atoms with van der Waals surface area (Å²) in [5.74, 6) is 0.919. The van der Waals surface area contributed by atoms with E-state index in [1.807, 2.05) is 31.2 Å². The monoisotopic (exact) mass is 307 g/mol. The van der Waals surface area contributed by atoms with E-state index in [1.165, 1.54) is 5.56 Å². The van der Waals surface area contributed by atoms with Gasteiger partial charge >= 0.3 is 0 Å². The van der Waals surface area contributed by atoms with Crippen LogP contribution in [0.4, 0.5) is 5.69 Å². The van der Waals surface area contributed by atoms with Crippen LogP contribution in [-0.4, -0.2) is 6.61 Å². The maximum Gasteiger partial charge on any atom is 0.119 e. The lowest BCUT2D eigenvalue weighted by Crippen LogP contribution is -2.05. The van der Waals surface area contributed by atoms with Crippen molar-refractivity contribution in [1.82, 2.24) is 0 Å². The Morgan fingerprint density at radius 1 is 1.15 bits per heavy atom. The van der Waals surface area contributed by atoms with Gasteiger partial charge in [0.1, 0.15) is 5.75 Å². The highest BCUT2D eigenvalue weighted by Crippen LogP contribution is 2.37. The van der Waals surface area contributed by atoms with Gasteiger partial charge in [-0.05, 0) is 54.8 Å². The molecule has 0 radical (unpaired) electrons. The van der Waals surface area contributed by atoms with E-state index >= 15 is 0 Å². The van der Waals surface area contributed by atoms with Gasteiger partial charge in [0.15, 0.2) is 0 Å². The van der Waals surface area contributed by atoms with E-state index in [-0.39, 0.29) is 6.04 Å². The largest absolute Gasteiger partial charge is 0.494 e. The third kappa shape index (κ3) is 2.58. The highest BCUT2D eigenvalue weighted by Gasteiger charge is 2.22. The van der Waals surface area contributed by atoms with Gasteiger partial charge in [0, 0.05) is 5.69 Å². The molecule has 0 saturated heterocycles. The zero-order valence-electron chi connectivity index (χ0n) is 11.1. The Kier molecular flexibility index (Phi) is 3.77. The van der Waals surface area contributed by atoms with Crippen LogP contribution in [0.25, 0.3) is 0 Å². The lowest BCUT2D eigenvalue weighted by Gasteiger charge is -2.12. The molecule has 3 rings (SSSR count). The van der Waals surface area contributed by atoms with Crippen molar-refractivity contribution < 1.29 is 4.74 Å². The molecule has 2 aromatic rings. The van der Waals surface area contributed by atoms with E-state index in [0.29, 0.717) is 16.7 Å². The quantitative estimate of drug-likeness (QED) is 0.851. The van der Waals surface area contributed by atoms with Crippen LogP contribution in [0.15, 0.2) is 36.4 Å². The molecule has 1 heterocycles. The number of ether oxygens (including phenoxy) is 1. The summed E-state index contributed by atoms with van der Waals surface area (Å²) in [6.45, 7) is 2.67. The predicted molar refractivity (Wildman–Crippen MR) is 84.1 cm³/mol. The van der Waals surface area contributed by atoms with Crippen molar-refractivity contribution in [3.63, 3.8) is 0 Å². The fourth-order valence-corrected chi connectivity index (χ4v) is 2.83. The number of hydrogen-bond donors (Lipinski definition) is 1. The molecule has 0 saturated carbocycles. The summed E-state index contributed by atoms with van der Waals surface area (Å²) < 4.78 is 5.54. The molecule has 0 bridgehead atoms. The SMILES string of the molecule is CCOc1ccc2c(c1)CC(c1ccc(Cl)c(Cl)c1)N2. The van der Waals surface area contributed by atoms with Crippen molar-refractivity contribution in [2.75, 3.05) is 11.9 Å². The van der Waals surface area contributed by atoms with Gasteiger partial charge in [-0.3, -0.25) is 0 Å². The van der Waals surface area contributed by atoms with Gasteiger partial charge in [-0.25, -0.2) is 0 Å². The lowest BCUT2D eigenvalue weighted by molar-refractivity contribution is 0.340. The van der Waals surface area contributed by atoms with Crippen LogP contribution < -0.4 is 10.1 Å². The fraction of sp³-hybridized carbons (Fsp3) is 0.250. The average molecular weight is 308 g/mol. The molecule has 1 unspecified atom stereocenters. The van der Waals surface area contributed by atoms with Gasteiger partial charge in [-0.15, -0.1) is 0 Å². The molecule has 0 amide bonds. The topological polar surface area (TPSA) is 21.3 Å². The Bertz CT molecular complexity index is 642. The summed E-state index contributed by atoms with van der Waals surface area (Å²) in [4.78, 5) is 0. The van der Waals surface area contributed by atoms with Gasteiger partial charge in [0.25, 0.3) is 0 Å². The lowest BCUT2D eigenvalue weighted by atomic mass is 10.0. The first kappa shape index (κ1) is 13.6. The van der Waals surface area contributed by atoms with E-state index in [9.17, 15) is 0 Å². The maximum atomic E-state index is 6.09. The van der Waals surface area contributed by atoms with Crippen LogP contribution in [0, 0.1) is 0 Å². The molecule has 104 valence electrons. The summed E-state index contributed by atoms with van der Waals surface area (Å²) in [6, 6.07) is 12.2. The average Bonchev–Trinajstić information content (AvgIpc) is 2.85. The second-order valence-electron chi connectivity index (χ2n) is 4.83. The van der Waals surface area contributed by atoms with Gasteiger partial charge in [0.2, 0.25) is 0 Å². The predicted octanol–water partition coefficient (Wildman–Crippen LogP) is 5.10.